The second-order valence-electron chi connectivity index (χ2n) is 2.57. The number of para-hydroxylation sites is 1. The quantitative estimate of drug-likeness (QED) is 0.790. The summed E-state index contributed by atoms with van der Waals surface area (Å²) in [6.07, 6.45) is -4.60. The fraction of sp³-hybridized carbons (Fsp3) is 0.333. The third kappa shape index (κ3) is 5.03. The highest BCUT2D eigenvalue weighted by Crippen LogP contribution is 2.23. The molecule has 0 aromatic heterocycles. The van der Waals surface area contributed by atoms with Gasteiger partial charge in [0.1, 0.15) is 12.4 Å². The van der Waals surface area contributed by atoms with Crippen LogP contribution in [0.2, 0.25) is 0 Å². The summed E-state index contributed by atoms with van der Waals surface area (Å²) in [6.45, 7) is -0.674. The van der Waals surface area contributed by atoms with Gasteiger partial charge in [0.25, 0.3) is 0 Å². The molecule has 0 fully saturated rings. The summed E-state index contributed by atoms with van der Waals surface area (Å²) >= 11 is 3.20. The highest BCUT2D eigenvalue weighted by atomic mass is 79.9. The van der Waals surface area contributed by atoms with Gasteiger partial charge in [-0.15, -0.1) is 13.2 Å². The van der Waals surface area contributed by atoms with E-state index in [0.29, 0.717) is 10.2 Å². The van der Waals surface area contributed by atoms with Crippen molar-refractivity contribution in [3.05, 3.63) is 28.7 Å². The van der Waals surface area contributed by atoms with Crippen molar-refractivity contribution in [3.8, 4) is 5.75 Å². The largest absolute Gasteiger partial charge is 0.522 e. The zero-order valence-electron chi connectivity index (χ0n) is 7.55. The normalized spacial score (nSPS) is 11.5. The molecule has 0 aliphatic heterocycles. The molecule has 0 N–H and O–H groups in total. The number of alkyl halides is 3. The molecule has 1 aromatic rings. The molecule has 0 unspecified atom stereocenters. The minimum absolute atomic E-state index is 0.151. The van der Waals surface area contributed by atoms with Crippen molar-refractivity contribution in [1.29, 1.82) is 0 Å². The molecule has 0 saturated heterocycles. The van der Waals surface area contributed by atoms with Crippen LogP contribution in [0.3, 0.4) is 0 Å². The van der Waals surface area contributed by atoms with Crippen LogP contribution in [-0.2, 0) is 4.74 Å². The summed E-state index contributed by atoms with van der Waals surface area (Å²) < 4.78 is 44.0. The topological polar surface area (TPSA) is 18.5 Å². The fourth-order valence-corrected chi connectivity index (χ4v) is 1.27. The van der Waals surface area contributed by atoms with Gasteiger partial charge < -0.3 is 4.74 Å². The summed E-state index contributed by atoms with van der Waals surface area (Å²) in [5.74, 6) is 0.489. The Morgan fingerprint density at radius 1 is 1.13 bits per heavy atom. The Balaban J connectivity index is 2.30. The van der Waals surface area contributed by atoms with Gasteiger partial charge in [-0.1, -0.05) is 12.1 Å². The zero-order valence-corrected chi connectivity index (χ0v) is 9.14. The van der Waals surface area contributed by atoms with E-state index in [-0.39, 0.29) is 6.61 Å². The van der Waals surface area contributed by atoms with Crippen LogP contribution in [0.5, 0.6) is 5.75 Å². The van der Waals surface area contributed by atoms with Crippen molar-refractivity contribution in [2.75, 3.05) is 13.2 Å². The standard InChI is InChI=1S/C9H8BrF3O2/c10-7-3-1-2-4-8(7)14-5-6-15-9(11,12)13/h1-4H,5-6H2. The number of hydrogen-bond acceptors (Lipinski definition) is 2. The van der Waals surface area contributed by atoms with Gasteiger partial charge in [-0.2, -0.15) is 0 Å². The van der Waals surface area contributed by atoms with Crippen molar-refractivity contribution in [1.82, 2.24) is 0 Å². The predicted molar refractivity (Wildman–Crippen MR) is 51.6 cm³/mol. The van der Waals surface area contributed by atoms with Crippen LogP contribution in [0.4, 0.5) is 13.2 Å². The number of benzene rings is 1. The smallest absolute Gasteiger partial charge is 0.490 e. The maximum Gasteiger partial charge on any atom is 0.522 e. The van der Waals surface area contributed by atoms with Gasteiger partial charge in [0, 0.05) is 0 Å². The zero-order chi connectivity index (χ0) is 11.3. The first kappa shape index (κ1) is 12.3. The van der Waals surface area contributed by atoms with Gasteiger partial charge in [-0.05, 0) is 28.1 Å². The molecule has 0 atom stereocenters. The lowest BCUT2D eigenvalue weighted by Gasteiger charge is -2.09. The monoisotopic (exact) mass is 284 g/mol. The molecule has 0 amide bonds. The SMILES string of the molecule is FC(F)(F)OCCOc1ccccc1Br. The van der Waals surface area contributed by atoms with Crippen molar-refractivity contribution < 1.29 is 22.6 Å². The summed E-state index contributed by atoms with van der Waals surface area (Å²) in [5.41, 5.74) is 0. The Kier molecular flexibility index (Phi) is 4.41. The number of rotatable bonds is 4. The molecule has 84 valence electrons. The molecule has 6 heteroatoms. The van der Waals surface area contributed by atoms with Crippen LogP contribution in [0.15, 0.2) is 28.7 Å². The maximum absolute atomic E-state index is 11.6. The predicted octanol–water partition coefficient (Wildman–Crippen LogP) is 3.36. The van der Waals surface area contributed by atoms with Crippen LogP contribution >= 0.6 is 15.9 Å². The molecular weight excluding hydrogens is 277 g/mol. The average Bonchev–Trinajstić information content (AvgIpc) is 2.13. The third-order valence-corrected chi connectivity index (χ3v) is 2.10. The van der Waals surface area contributed by atoms with Crippen LogP contribution in [0, 0.1) is 0 Å². The Hall–Kier alpha value is -0.750. The lowest BCUT2D eigenvalue weighted by atomic mass is 10.3. The van der Waals surface area contributed by atoms with E-state index in [1.54, 1.807) is 24.3 Å². The first-order chi connectivity index (χ1) is 6.99. The van der Waals surface area contributed by atoms with Crippen molar-refractivity contribution in [2.45, 2.75) is 6.36 Å². The summed E-state index contributed by atoms with van der Waals surface area (Å²) in [7, 11) is 0. The Morgan fingerprint density at radius 2 is 1.80 bits per heavy atom. The first-order valence-electron chi connectivity index (χ1n) is 4.07. The third-order valence-electron chi connectivity index (χ3n) is 1.44. The van der Waals surface area contributed by atoms with E-state index in [4.69, 9.17) is 4.74 Å². The Morgan fingerprint density at radius 3 is 2.40 bits per heavy atom. The molecule has 0 heterocycles. The second-order valence-corrected chi connectivity index (χ2v) is 3.43. The molecule has 15 heavy (non-hydrogen) atoms. The Bertz CT molecular complexity index is 314. The van der Waals surface area contributed by atoms with Gasteiger partial charge in [0.05, 0.1) is 11.1 Å². The number of halogens is 4. The lowest BCUT2D eigenvalue weighted by Crippen LogP contribution is -2.18. The van der Waals surface area contributed by atoms with Gasteiger partial charge in [-0.25, -0.2) is 0 Å². The van der Waals surface area contributed by atoms with Crippen molar-refractivity contribution >= 4 is 15.9 Å². The number of hydrogen-bond donors (Lipinski definition) is 0. The highest BCUT2D eigenvalue weighted by molar-refractivity contribution is 9.10. The van der Waals surface area contributed by atoms with Crippen LogP contribution < -0.4 is 4.74 Å². The van der Waals surface area contributed by atoms with E-state index in [2.05, 4.69) is 20.7 Å². The summed E-state index contributed by atoms with van der Waals surface area (Å²) in [4.78, 5) is 0. The molecule has 2 nitrogen and oxygen atoms in total. The van der Waals surface area contributed by atoms with Gasteiger partial charge in [0.2, 0.25) is 0 Å². The minimum atomic E-state index is -4.60. The van der Waals surface area contributed by atoms with E-state index in [1.807, 2.05) is 0 Å². The lowest BCUT2D eigenvalue weighted by molar-refractivity contribution is -0.325. The molecule has 0 bridgehead atoms. The van der Waals surface area contributed by atoms with E-state index in [9.17, 15) is 13.2 Å². The van der Waals surface area contributed by atoms with Gasteiger partial charge in [0.15, 0.2) is 0 Å². The van der Waals surface area contributed by atoms with Crippen LogP contribution in [0.1, 0.15) is 0 Å². The molecule has 0 radical (unpaired) electrons. The molecule has 0 aliphatic carbocycles. The van der Waals surface area contributed by atoms with E-state index in [0.717, 1.165) is 0 Å². The van der Waals surface area contributed by atoms with Gasteiger partial charge in [-0.3, -0.25) is 4.74 Å². The molecular formula is C9H8BrF3O2. The second kappa shape index (κ2) is 5.37. The maximum atomic E-state index is 11.6. The molecule has 0 spiro atoms. The molecule has 0 saturated carbocycles. The van der Waals surface area contributed by atoms with Crippen molar-refractivity contribution in [3.63, 3.8) is 0 Å². The first-order valence-corrected chi connectivity index (χ1v) is 4.86. The van der Waals surface area contributed by atoms with E-state index in [1.165, 1.54) is 0 Å². The van der Waals surface area contributed by atoms with Crippen LogP contribution in [0.25, 0.3) is 0 Å². The van der Waals surface area contributed by atoms with E-state index >= 15 is 0 Å². The fourth-order valence-electron chi connectivity index (χ4n) is 0.871. The molecule has 1 rings (SSSR count). The summed E-state index contributed by atoms with van der Waals surface area (Å²) in [5, 5.41) is 0. The van der Waals surface area contributed by atoms with Gasteiger partial charge >= 0.3 is 6.36 Å². The molecule has 1 aromatic carbocycles. The van der Waals surface area contributed by atoms with E-state index < -0.39 is 13.0 Å². The average molecular weight is 285 g/mol. The van der Waals surface area contributed by atoms with Crippen LogP contribution in [-0.4, -0.2) is 19.6 Å². The Labute approximate surface area is 93.1 Å². The number of ether oxygens (including phenoxy) is 2. The minimum Gasteiger partial charge on any atom is -0.490 e. The summed E-state index contributed by atoms with van der Waals surface area (Å²) in [6, 6.07) is 6.89. The highest BCUT2D eigenvalue weighted by Gasteiger charge is 2.28. The molecule has 0 aliphatic rings. The van der Waals surface area contributed by atoms with Crippen molar-refractivity contribution in [2.24, 2.45) is 0 Å².